The average Bonchev–Trinajstić information content (AvgIpc) is 2.24. The first kappa shape index (κ1) is 14.9. The zero-order valence-electron chi connectivity index (χ0n) is 9.87. The SMILES string of the molecule is CCCCCC(=O)NC(CCCN)C(=O)O. The molecule has 16 heavy (non-hydrogen) atoms. The lowest BCUT2D eigenvalue weighted by Crippen LogP contribution is -2.40. The van der Waals surface area contributed by atoms with E-state index in [1.165, 1.54) is 0 Å². The van der Waals surface area contributed by atoms with Crippen molar-refractivity contribution in [2.75, 3.05) is 6.54 Å². The summed E-state index contributed by atoms with van der Waals surface area (Å²) in [6, 6.07) is -0.794. The van der Waals surface area contributed by atoms with E-state index in [4.69, 9.17) is 10.8 Å². The molecule has 0 spiro atoms. The van der Waals surface area contributed by atoms with Crippen molar-refractivity contribution in [3.05, 3.63) is 0 Å². The molecule has 0 aromatic heterocycles. The van der Waals surface area contributed by atoms with Crippen LogP contribution in [0.5, 0.6) is 0 Å². The molecule has 5 heteroatoms. The van der Waals surface area contributed by atoms with Crippen molar-refractivity contribution in [1.29, 1.82) is 0 Å². The van der Waals surface area contributed by atoms with Gasteiger partial charge in [0.05, 0.1) is 0 Å². The molecule has 0 aromatic rings. The van der Waals surface area contributed by atoms with Gasteiger partial charge in [-0.05, 0) is 25.8 Å². The normalized spacial score (nSPS) is 12.1. The largest absolute Gasteiger partial charge is 0.480 e. The van der Waals surface area contributed by atoms with Crippen LogP contribution in [0.15, 0.2) is 0 Å². The highest BCUT2D eigenvalue weighted by molar-refractivity contribution is 5.83. The van der Waals surface area contributed by atoms with Crippen LogP contribution in [0.25, 0.3) is 0 Å². The summed E-state index contributed by atoms with van der Waals surface area (Å²) in [4.78, 5) is 22.2. The zero-order chi connectivity index (χ0) is 12.4. The Labute approximate surface area is 96.4 Å². The van der Waals surface area contributed by atoms with Gasteiger partial charge in [-0.1, -0.05) is 19.8 Å². The number of hydrogen-bond acceptors (Lipinski definition) is 3. The third kappa shape index (κ3) is 7.23. The molecule has 0 heterocycles. The molecule has 0 saturated carbocycles. The van der Waals surface area contributed by atoms with Crippen LogP contribution in [0.1, 0.15) is 45.4 Å². The predicted octanol–water partition coefficient (Wildman–Crippen LogP) is 0.875. The minimum atomic E-state index is -0.989. The fourth-order valence-corrected chi connectivity index (χ4v) is 1.38. The maximum absolute atomic E-state index is 11.4. The summed E-state index contributed by atoms with van der Waals surface area (Å²) in [5.41, 5.74) is 5.30. The molecule has 0 aliphatic carbocycles. The van der Waals surface area contributed by atoms with Crippen molar-refractivity contribution in [2.24, 2.45) is 5.73 Å². The highest BCUT2D eigenvalue weighted by atomic mass is 16.4. The molecule has 1 amide bonds. The molecular weight excluding hydrogens is 208 g/mol. The number of carbonyl (C=O) groups excluding carboxylic acids is 1. The second-order valence-corrected chi connectivity index (χ2v) is 3.85. The third-order valence-corrected chi connectivity index (χ3v) is 2.34. The van der Waals surface area contributed by atoms with Crippen molar-refractivity contribution < 1.29 is 14.7 Å². The van der Waals surface area contributed by atoms with Crippen molar-refractivity contribution in [1.82, 2.24) is 5.32 Å². The maximum atomic E-state index is 11.4. The first-order chi connectivity index (χ1) is 7.61. The van der Waals surface area contributed by atoms with E-state index >= 15 is 0 Å². The van der Waals surface area contributed by atoms with Gasteiger partial charge in [-0.25, -0.2) is 4.79 Å². The summed E-state index contributed by atoms with van der Waals surface area (Å²) in [7, 11) is 0. The topological polar surface area (TPSA) is 92.4 Å². The highest BCUT2D eigenvalue weighted by Gasteiger charge is 2.18. The van der Waals surface area contributed by atoms with Crippen molar-refractivity contribution in [3.63, 3.8) is 0 Å². The molecule has 0 bridgehead atoms. The smallest absolute Gasteiger partial charge is 0.326 e. The van der Waals surface area contributed by atoms with E-state index in [1.54, 1.807) is 0 Å². The number of carbonyl (C=O) groups is 2. The Balaban J connectivity index is 3.88. The number of aliphatic carboxylic acids is 1. The van der Waals surface area contributed by atoms with Gasteiger partial charge in [-0.3, -0.25) is 4.79 Å². The standard InChI is InChI=1S/C11H22N2O3/c1-2-3-4-7-10(14)13-9(11(15)16)6-5-8-12/h9H,2-8,12H2,1H3,(H,13,14)(H,15,16). The summed E-state index contributed by atoms with van der Waals surface area (Å²) in [5.74, 6) is -1.17. The third-order valence-electron chi connectivity index (χ3n) is 2.34. The van der Waals surface area contributed by atoms with Gasteiger partial charge in [0, 0.05) is 6.42 Å². The molecule has 5 nitrogen and oxygen atoms in total. The number of carboxylic acids is 1. The maximum Gasteiger partial charge on any atom is 0.326 e. The van der Waals surface area contributed by atoms with Crippen LogP contribution in [0.3, 0.4) is 0 Å². The fraction of sp³-hybridized carbons (Fsp3) is 0.818. The Bertz CT molecular complexity index is 219. The molecule has 0 aromatic carbocycles. The number of rotatable bonds is 9. The molecule has 0 saturated heterocycles. The van der Waals surface area contributed by atoms with E-state index in [-0.39, 0.29) is 5.91 Å². The molecule has 4 N–H and O–H groups in total. The molecular formula is C11H22N2O3. The van der Waals surface area contributed by atoms with Gasteiger partial charge in [0.15, 0.2) is 0 Å². The van der Waals surface area contributed by atoms with Gasteiger partial charge in [-0.15, -0.1) is 0 Å². The summed E-state index contributed by atoms with van der Waals surface area (Å²) < 4.78 is 0. The summed E-state index contributed by atoms with van der Waals surface area (Å²) in [6.45, 7) is 2.49. The Kier molecular flexibility index (Phi) is 8.52. The van der Waals surface area contributed by atoms with Crippen molar-refractivity contribution in [2.45, 2.75) is 51.5 Å². The van der Waals surface area contributed by atoms with Crippen LogP contribution >= 0.6 is 0 Å². The number of nitrogens with one attached hydrogen (secondary N) is 1. The molecule has 0 radical (unpaired) electrons. The Hall–Kier alpha value is -1.10. The minimum absolute atomic E-state index is 0.183. The molecule has 0 rings (SSSR count). The second-order valence-electron chi connectivity index (χ2n) is 3.85. The van der Waals surface area contributed by atoms with E-state index < -0.39 is 12.0 Å². The summed E-state index contributed by atoms with van der Waals surface area (Å²) in [5, 5.41) is 11.4. The predicted molar refractivity (Wildman–Crippen MR) is 62.0 cm³/mol. The molecule has 0 aliphatic heterocycles. The van der Waals surface area contributed by atoms with E-state index in [1.807, 2.05) is 0 Å². The van der Waals surface area contributed by atoms with E-state index in [0.29, 0.717) is 25.8 Å². The van der Waals surface area contributed by atoms with Crippen LogP contribution < -0.4 is 11.1 Å². The molecule has 1 unspecified atom stereocenters. The van der Waals surface area contributed by atoms with Crippen LogP contribution in [0.4, 0.5) is 0 Å². The van der Waals surface area contributed by atoms with E-state index in [9.17, 15) is 9.59 Å². The lowest BCUT2D eigenvalue weighted by molar-refractivity contribution is -0.142. The van der Waals surface area contributed by atoms with Gasteiger partial charge in [0.25, 0.3) is 0 Å². The number of unbranched alkanes of at least 4 members (excludes halogenated alkanes) is 2. The minimum Gasteiger partial charge on any atom is -0.480 e. The Morgan fingerprint density at radius 2 is 2.00 bits per heavy atom. The van der Waals surface area contributed by atoms with E-state index in [2.05, 4.69) is 12.2 Å². The Morgan fingerprint density at radius 3 is 2.50 bits per heavy atom. The monoisotopic (exact) mass is 230 g/mol. The second kappa shape index (κ2) is 9.15. The number of carboxylic acid groups (broad SMARTS) is 1. The first-order valence-corrected chi connectivity index (χ1v) is 5.84. The zero-order valence-corrected chi connectivity index (χ0v) is 9.87. The summed E-state index contributed by atoms with van der Waals surface area (Å²) in [6.07, 6.45) is 4.25. The lowest BCUT2D eigenvalue weighted by atomic mass is 10.1. The van der Waals surface area contributed by atoms with Gasteiger partial charge in [0.1, 0.15) is 6.04 Å². The number of nitrogens with two attached hydrogens (primary N) is 1. The van der Waals surface area contributed by atoms with Gasteiger partial charge in [-0.2, -0.15) is 0 Å². The lowest BCUT2D eigenvalue weighted by Gasteiger charge is -2.13. The van der Waals surface area contributed by atoms with Crippen LogP contribution in [-0.2, 0) is 9.59 Å². The molecule has 0 fully saturated rings. The molecule has 1 atom stereocenters. The Morgan fingerprint density at radius 1 is 1.31 bits per heavy atom. The van der Waals surface area contributed by atoms with Crippen LogP contribution in [0.2, 0.25) is 0 Å². The van der Waals surface area contributed by atoms with Crippen LogP contribution in [0, 0.1) is 0 Å². The highest BCUT2D eigenvalue weighted by Crippen LogP contribution is 2.01. The fourth-order valence-electron chi connectivity index (χ4n) is 1.38. The van der Waals surface area contributed by atoms with Crippen molar-refractivity contribution in [3.8, 4) is 0 Å². The molecule has 0 aliphatic rings. The van der Waals surface area contributed by atoms with Crippen LogP contribution in [-0.4, -0.2) is 29.6 Å². The average molecular weight is 230 g/mol. The van der Waals surface area contributed by atoms with Gasteiger partial charge in [0.2, 0.25) is 5.91 Å². The first-order valence-electron chi connectivity index (χ1n) is 5.84. The van der Waals surface area contributed by atoms with Gasteiger partial charge >= 0.3 is 5.97 Å². The molecule has 94 valence electrons. The van der Waals surface area contributed by atoms with Gasteiger partial charge < -0.3 is 16.2 Å². The number of amides is 1. The quantitative estimate of drug-likeness (QED) is 0.512. The van der Waals surface area contributed by atoms with Crippen molar-refractivity contribution >= 4 is 11.9 Å². The summed E-state index contributed by atoms with van der Waals surface area (Å²) >= 11 is 0. The number of hydrogen-bond donors (Lipinski definition) is 3. The van der Waals surface area contributed by atoms with E-state index in [0.717, 1.165) is 19.3 Å².